The number of nitrogens with zero attached hydrogens (tertiary/aromatic N) is 2. The van der Waals surface area contributed by atoms with Crippen molar-refractivity contribution >= 4 is 22.6 Å². The maximum Gasteiger partial charge on any atom is 0.172 e. The van der Waals surface area contributed by atoms with Gasteiger partial charge in [0, 0.05) is 28.4 Å². The molecule has 1 aliphatic carbocycles. The first-order chi connectivity index (χ1) is 10.6. The van der Waals surface area contributed by atoms with Crippen LogP contribution in [0.1, 0.15) is 30.8 Å². The molecule has 3 nitrogen and oxygen atoms in total. The molecule has 0 amide bonds. The molecule has 3 aromatic rings. The van der Waals surface area contributed by atoms with Crippen LogP contribution in [0.25, 0.3) is 22.3 Å². The lowest BCUT2D eigenvalue weighted by atomic mass is 9.92. The Hall–Kier alpha value is -1.87. The number of rotatable bonds is 2. The first-order valence-electron chi connectivity index (χ1n) is 7.68. The Morgan fingerprint density at radius 2 is 2.09 bits per heavy atom. The predicted octanol–water partition coefficient (Wildman–Crippen LogP) is 4.84. The highest BCUT2D eigenvalue weighted by atomic mass is 35.5. The maximum atomic E-state index is 6.17. The Morgan fingerprint density at radius 1 is 1.23 bits per heavy atom. The number of pyridine rings is 2. The van der Waals surface area contributed by atoms with Crippen LogP contribution in [0.5, 0.6) is 0 Å². The summed E-state index contributed by atoms with van der Waals surface area (Å²) in [5, 5.41) is 1.50. The maximum absolute atomic E-state index is 6.17. The van der Waals surface area contributed by atoms with Gasteiger partial charge in [-0.1, -0.05) is 25.4 Å². The molecular weight excluding hydrogens is 296 g/mol. The molecule has 112 valence electrons. The zero-order valence-electron chi connectivity index (χ0n) is 12.7. The molecule has 22 heavy (non-hydrogen) atoms. The van der Waals surface area contributed by atoms with Gasteiger partial charge < -0.3 is 4.42 Å². The third-order valence-corrected chi connectivity index (χ3v) is 4.44. The summed E-state index contributed by atoms with van der Waals surface area (Å²) in [7, 11) is 0. The fraction of sp³-hybridized carbons (Fsp3) is 0.333. The minimum atomic E-state index is 0.429. The Labute approximate surface area is 134 Å². The molecular formula is C18H17ClN2O. The SMILES string of the molecule is CC(C)Cc1ccc2c(n1)CCc1c-2oc2c(Cl)nccc12. The molecule has 0 atom stereocenters. The standard InChI is InChI=1S/C18H17ClN2O/c1-10(2)9-11-3-4-14-15(21-11)6-5-12-13-7-8-20-18(19)17(13)22-16(12)14/h3-4,7-8,10H,5-6,9H2,1-2H3. The number of halogens is 1. The Balaban J connectivity index is 1.87. The monoisotopic (exact) mass is 312 g/mol. The first-order valence-corrected chi connectivity index (χ1v) is 8.06. The molecule has 4 heteroatoms. The zero-order chi connectivity index (χ0) is 15.3. The van der Waals surface area contributed by atoms with E-state index in [0.29, 0.717) is 16.7 Å². The van der Waals surface area contributed by atoms with Crippen molar-refractivity contribution in [1.29, 1.82) is 0 Å². The molecule has 4 rings (SSSR count). The summed E-state index contributed by atoms with van der Waals surface area (Å²) < 4.78 is 6.03. The van der Waals surface area contributed by atoms with E-state index >= 15 is 0 Å². The fourth-order valence-corrected chi connectivity index (χ4v) is 3.43. The zero-order valence-corrected chi connectivity index (χ0v) is 13.4. The van der Waals surface area contributed by atoms with E-state index in [2.05, 4.69) is 31.0 Å². The van der Waals surface area contributed by atoms with Crippen LogP contribution in [-0.4, -0.2) is 9.97 Å². The van der Waals surface area contributed by atoms with E-state index in [1.54, 1.807) is 6.20 Å². The lowest BCUT2D eigenvalue weighted by Crippen LogP contribution is -2.07. The van der Waals surface area contributed by atoms with Crippen molar-refractivity contribution in [3.8, 4) is 11.3 Å². The van der Waals surface area contributed by atoms with Crippen LogP contribution in [0.15, 0.2) is 28.8 Å². The van der Waals surface area contributed by atoms with Crippen molar-refractivity contribution in [2.24, 2.45) is 5.92 Å². The van der Waals surface area contributed by atoms with Gasteiger partial charge in [0.05, 0.1) is 5.69 Å². The van der Waals surface area contributed by atoms with Gasteiger partial charge >= 0.3 is 0 Å². The minimum absolute atomic E-state index is 0.429. The predicted molar refractivity (Wildman–Crippen MR) is 88.2 cm³/mol. The highest BCUT2D eigenvalue weighted by Gasteiger charge is 2.25. The van der Waals surface area contributed by atoms with Gasteiger partial charge in [0.2, 0.25) is 0 Å². The number of aryl methyl sites for hydroxylation is 2. The van der Waals surface area contributed by atoms with Crippen LogP contribution in [0.3, 0.4) is 0 Å². The first kappa shape index (κ1) is 13.8. The Morgan fingerprint density at radius 3 is 2.91 bits per heavy atom. The van der Waals surface area contributed by atoms with Gasteiger partial charge in [0.25, 0.3) is 0 Å². The van der Waals surface area contributed by atoms with Gasteiger partial charge in [0.1, 0.15) is 5.76 Å². The highest BCUT2D eigenvalue weighted by molar-refractivity contribution is 6.33. The van der Waals surface area contributed by atoms with Crippen LogP contribution in [0, 0.1) is 5.92 Å². The third kappa shape index (κ3) is 2.12. The van der Waals surface area contributed by atoms with Crippen LogP contribution in [0.2, 0.25) is 5.15 Å². The molecule has 0 spiro atoms. The molecule has 1 aliphatic rings. The Bertz CT molecular complexity index is 867. The molecule has 0 aliphatic heterocycles. The second-order valence-electron chi connectivity index (χ2n) is 6.28. The van der Waals surface area contributed by atoms with Gasteiger partial charge in [-0.15, -0.1) is 0 Å². The van der Waals surface area contributed by atoms with E-state index in [4.69, 9.17) is 21.0 Å². The summed E-state index contributed by atoms with van der Waals surface area (Å²) in [5.41, 5.74) is 5.31. The lowest BCUT2D eigenvalue weighted by molar-refractivity contribution is 0.613. The van der Waals surface area contributed by atoms with E-state index in [0.717, 1.165) is 47.4 Å². The van der Waals surface area contributed by atoms with E-state index in [-0.39, 0.29) is 0 Å². The summed E-state index contributed by atoms with van der Waals surface area (Å²) in [6.45, 7) is 4.43. The van der Waals surface area contributed by atoms with E-state index < -0.39 is 0 Å². The Kier molecular flexibility index (Phi) is 3.19. The molecule has 0 bridgehead atoms. The number of furan rings is 1. The van der Waals surface area contributed by atoms with Crippen molar-refractivity contribution in [3.63, 3.8) is 0 Å². The second kappa shape index (κ2) is 5.10. The van der Waals surface area contributed by atoms with Crippen LogP contribution >= 0.6 is 11.6 Å². The molecule has 0 saturated carbocycles. The van der Waals surface area contributed by atoms with Crippen molar-refractivity contribution in [1.82, 2.24) is 9.97 Å². The largest absolute Gasteiger partial charge is 0.452 e. The molecule has 0 unspecified atom stereocenters. The highest BCUT2D eigenvalue weighted by Crippen LogP contribution is 2.40. The number of hydrogen-bond acceptors (Lipinski definition) is 3. The fourth-order valence-electron chi connectivity index (χ4n) is 3.23. The van der Waals surface area contributed by atoms with Gasteiger partial charge in [-0.3, -0.25) is 4.98 Å². The van der Waals surface area contributed by atoms with Crippen molar-refractivity contribution in [2.45, 2.75) is 33.1 Å². The van der Waals surface area contributed by atoms with Crippen molar-refractivity contribution in [3.05, 3.63) is 46.5 Å². The van der Waals surface area contributed by atoms with Gasteiger partial charge in [-0.05, 0) is 43.4 Å². The third-order valence-electron chi connectivity index (χ3n) is 4.17. The average molecular weight is 313 g/mol. The summed E-state index contributed by atoms with van der Waals surface area (Å²) in [4.78, 5) is 8.95. The molecule has 0 radical (unpaired) electrons. The molecule has 0 saturated heterocycles. The number of hydrogen-bond donors (Lipinski definition) is 0. The average Bonchev–Trinajstić information content (AvgIpc) is 2.87. The molecule has 0 N–H and O–H groups in total. The van der Waals surface area contributed by atoms with Crippen molar-refractivity contribution in [2.75, 3.05) is 0 Å². The summed E-state index contributed by atoms with van der Waals surface area (Å²) in [6.07, 6.45) is 4.63. The minimum Gasteiger partial charge on any atom is -0.452 e. The van der Waals surface area contributed by atoms with Gasteiger partial charge in [-0.25, -0.2) is 4.98 Å². The van der Waals surface area contributed by atoms with Crippen molar-refractivity contribution < 1.29 is 4.42 Å². The van der Waals surface area contributed by atoms with Gasteiger partial charge in [0.15, 0.2) is 10.7 Å². The molecule has 0 fully saturated rings. The number of fused-ring (bicyclic) bond motifs is 5. The normalized spacial score (nSPS) is 13.5. The molecule has 0 aromatic carbocycles. The molecule has 3 heterocycles. The smallest absolute Gasteiger partial charge is 0.172 e. The summed E-state index contributed by atoms with van der Waals surface area (Å²) in [6, 6.07) is 6.23. The van der Waals surface area contributed by atoms with Gasteiger partial charge in [-0.2, -0.15) is 0 Å². The molecule has 3 aromatic heterocycles. The van der Waals surface area contributed by atoms with Crippen LogP contribution in [0.4, 0.5) is 0 Å². The van der Waals surface area contributed by atoms with Crippen LogP contribution in [-0.2, 0) is 19.3 Å². The topological polar surface area (TPSA) is 38.9 Å². The van der Waals surface area contributed by atoms with Crippen LogP contribution < -0.4 is 0 Å². The quantitative estimate of drug-likeness (QED) is 0.635. The van der Waals surface area contributed by atoms with E-state index in [9.17, 15) is 0 Å². The van der Waals surface area contributed by atoms with E-state index in [1.807, 2.05) is 6.07 Å². The van der Waals surface area contributed by atoms with E-state index in [1.165, 1.54) is 5.56 Å². The summed E-state index contributed by atoms with van der Waals surface area (Å²) >= 11 is 6.17. The summed E-state index contributed by atoms with van der Waals surface area (Å²) in [5.74, 6) is 1.52. The number of aromatic nitrogens is 2. The lowest BCUT2D eigenvalue weighted by Gasteiger charge is -2.16. The second-order valence-corrected chi connectivity index (χ2v) is 6.64.